The molecule has 10 heteroatoms. The van der Waals surface area contributed by atoms with E-state index in [4.69, 9.17) is 42.6 Å². The fraction of sp³-hybridized carbons (Fsp3) is 0.291. The van der Waals surface area contributed by atoms with Crippen LogP contribution >= 0.6 is 0 Å². The van der Waals surface area contributed by atoms with Crippen LogP contribution < -0.4 is 0 Å². The lowest BCUT2D eigenvalue weighted by Gasteiger charge is -2.46. The molecule has 1 heterocycles. The summed E-state index contributed by atoms with van der Waals surface area (Å²) in [5, 5.41) is 0. The molecule has 1 saturated heterocycles. The highest BCUT2D eigenvalue weighted by molar-refractivity contribution is 5.85. The standard InChI is InChI=1S/C55H58O10/c1-57-33-32-49(60-36-44-24-12-4-13-25-44)51(48(56)40-58-34-42-20-8-2-9-21-42)65-55-54(63-39-47-30-18-7-19-31-47)53(62-38-46-28-16-6-17-29-46)52(61-37-45-26-14-5-15-27-45)50(64-55)41-59-35-43-22-10-3-11-23-43/h2-33,49-55H,34-41H2,1H3/b33-32+/t49-,50-,51-,52+,53+,54-,55+/m1/s1. The normalized spacial score (nSPS) is 19.4. The first kappa shape index (κ1) is 47.2. The molecule has 0 amide bonds. The van der Waals surface area contributed by atoms with Crippen molar-refractivity contribution in [2.24, 2.45) is 0 Å². The number of carbonyl (C=O) groups excluding carboxylic acids is 1. The maximum absolute atomic E-state index is 14.7. The van der Waals surface area contributed by atoms with Crippen molar-refractivity contribution >= 4 is 5.78 Å². The van der Waals surface area contributed by atoms with E-state index in [2.05, 4.69) is 0 Å². The first-order chi connectivity index (χ1) is 32.1. The van der Waals surface area contributed by atoms with Gasteiger partial charge in [-0.1, -0.05) is 182 Å². The molecule has 0 aromatic heterocycles. The van der Waals surface area contributed by atoms with E-state index < -0.39 is 42.9 Å². The van der Waals surface area contributed by atoms with E-state index in [1.54, 1.807) is 6.08 Å². The molecule has 1 aliphatic heterocycles. The summed E-state index contributed by atoms with van der Waals surface area (Å²) in [4.78, 5) is 14.7. The molecular weight excluding hydrogens is 821 g/mol. The Morgan fingerprint density at radius 2 is 0.908 bits per heavy atom. The minimum Gasteiger partial charge on any atom is -0.505 e. The van der Waals surface area contributed by atoms with E-state index in [-0.39, 0.29) is 52.0 Å². The molecular formula is C55H58O10. The number of benzene rings is 6. The maximum atomic E-state index is 14.7. The summed E-state index contributed by atoms with van der Waals surface area (Å²) in [6, 6.07) is 59.1. The third kappa shape index (κ3) is 15.1. The van der Waals surface area contributed by atoms with Gasteiger partial charge in [-0.2, -0.15) is 0 Å². The molecule has 0 saturated carbocycles. The molecule has 6 aromatic rings. The zero-order valence-corrected chi connectivity index (χ0v) is 36.8. The van der Waals surface area contributed by atoms with E-state index in [1.165, 1.54) is 13.4 Å². The van der Waals surface area contributed by atoms with Gasteiger partial charge in [0.2, 0.25) is 0 Å². The van der Waals surface area contributed by atoms with Gasteiger partial charge in [0.1, 0.15) is 37.1 Å². The number of hydrogen-bond acceptors (Lipinski definition) is 10. The van der Waals surface area contributed by atoms with E-state index >= 15 is 0 Å². The van der Waals surface area contributed by atoms with Gasteiger partial charge in [-0.3, -0.25) is 4.79 Å². The van der Waals surface area contributed by atoms with Crippen LogP contribution in [0.3, 0.4) is 0 Å². The quantitative estimate of drug-likeness (QED) is 0.0490. The average molecular weight is 879 g/mol. The van der Waals surface area contributed by atoms with Gasteiger partial charge in [0.25, 0.3) is 0 Å². The van der Waals surface area contributed by atoms with Gasteiger partial charge in [0, 0.05) is 0 Å². The average Bonchev–Trinajstić information content (AvgIpc) is 3.36. The summed E-state index contributed by atoms with van der Waals surface area (Å²) in [6.45, 7) is 1.28. The van der Waals surface area contributed by atoms with Gasteiger partial charge in [-0.15, -0.1) is 0 Å². The largest absolute Gasteiger partial charge is 0.505 e. The summed E-state index contributed by atoms with van der Waals surface area (Å²) in [7, 11) is 1.54. The van der Waals surface area contributed by atoms with E-state index in [0.717, 1.165) is 33.4 Å². The molecule has 10 nitrogen and oxygen atoms in total. The molecule has 65 heavy (non-hydrogen) atoms. The second kappa shape index (κ2) is 26.2. The van der Waals surface area contributed by atoms with Crippen LogP contribution in [0, 0.1) is 0 Å². The zero-order valence-electron chi connectivity index (χ0n) is 36.8. The Balaban J connectivity index is 1.25. The molecule has 0 aliphatic carbocycles. The van der Waals surface area contributed by atoms with Crippen LogP contribution in [-0.4, -0.2) is 69.0 Å². The van der Waals surface area contributed by atoms with Crippen LogP contribution in [0.2, 0.25) is 0 Å². The van der Waals surface area contributed by atoms with Crippen molar-refractivity contribution < 1.29 is 47.4 Å². The summed E-state index contributed by atoms with van der Waals surface area (Å²) < 4.78 is 59.0. The zero-order chi connectivity index (χ0) is 44.7. The Bertz CT molecular complexity index is 2230. The molecule has 1 fully saturated rings. The van der Waals surface area contributed by atoms with Crippen molar-refractivity contribution in [3.05, 3.63) is 228 Å². The van der Waals surface area contributed by atoms with Gasteiger partial charge in [0.15, 0.2) is 18.2 Å². The Morgan fingerprint density at radius 3 is 1.37 bits per heavy atom. The second-order valence-corrected chi connectivity index (χ2v) is 15.7. The molecule has 1 aliphatic rings. The van der Waals surface area contributed by atoms with Gasteiger partial charge in [0.05, 0.1) is 59.6 Å². The van der Waals surface area contributed by atoms with Crippen LogP contribution in [0.4, 0.5) is 0 Å². The third-order valence-electron chi connectivity index (χ3n) is 10.8. The molecule has 0 spiro atoms. The van der Waals surface area contributed by atoms with Crippen molar-refractivity contribution in [1.29, 1.82) is 0 Å². The highest BCUT2D eigenvalue weighted by Crippen LogP contribution is 2.33. The first-order valence-electron chi connectivity index (χ1n) is 22.0. The van der Waals surface area contributed by atoms with Gasteiger partial charge < -0.3 is 42.6 Å². The number of carbonyl (C=O) groups is 1. The minimum atomic E-state index is -1.25. The molecule has 7 atom stereocenters. The van der Waals surface area contributed by atoms with Crippen LogP contribution in [0.25, 0.3) is 0 Å². The van der Waals surface area contributed by atoms with Crippen LogP contribution in [-0.2, 0) is 87.1 Å². The molecule has 0 radical (unpaired) electrons. The molecule has 0 N–H and O–H groups in total. The van der Waals surface area contributed by atoms with E-state index in [0.29, 0.717) is 6.61 Å². The number of hydrogen-bond donors (Lipinski definition) is 0. The highest BCUT2D eigenvalue weighted by Gasteiger charge is 2.51. The van der Waals surface area contributed by atoms with Gasteiger partial charge >= 0.3 is 0 Å². The first-order valence-corrected chi connectivity index (χ1v) is 22.0. The highest BCUT2D eigenvalue weighted by atomic mass is 16.7. The van der Waals surface area contributed by atoms with E-state index in [9.17, 15) is 4.79 Å². The van der Waals surface area contributed by atoms with Crippen molar-refractivity contribution in [2.45, 2.75) is 82.6 Å². The Labute approximate surface area is 382 Å². The molecule has 0 unspecified atom stereocenters. The lowest BCUT2D eigenvalue weighted by molar-refractivity contribution is -0.337. The predicted octanol–water partition coefficient (Wildman–Crippen LogP) is 9.60. The molecule has 7 rings (SSSR count). The minimum absolute atomic E-state index is 0.112. The summed E-state index contributed by atoms with van der Waals surface area (Å²) in [6.07, 6.45) is -3.40. The smallest absolute Gasteiger partial charge is 0.190 e. The Hall–Kier alpha value is -5.79. The molecule has 6 aromatic carbocycles. The number of methoxy groups -OCH3 is 1. The summed E-state index contributed by atoms with van der Waals surface area (Å²) in [5.74, 6) is -0.369. The lowest BCUT2D eigenvalue weighted by Crippen LogP contribution is -2.63. The Kier molecular flexibility index (Phi) is 19.0. The van der Waals surface area contributed by atoms with Crippen molar-refractivity contribution in [2.75, 3.05) is 20.3 Å². The number of ether oxygens (including phenoxy) is 9. The lowest BCUT2D eigenvalue weighted by atomic mass is 9.97. The van der Waals surface area contributed by atoms with Gasteiger partial charge in [-0.25, -0.2) is 0 Å². The predicted molar refractivity (Wildman–Crippen MR) is 247 cm³/mol. The van der Waals surface area contributed by atoms with Crippen LogP contribution in [0.15, 0.2) is 194 Å². The van der Waals surface area contributed by atoms with Gasteiger partial charge in [-0.05, 0) is 39.5 Å². The number of Topliss-reactive ketones (excluding diaryl/α,β-unsaturated/α-hetero) is 1. The number of ketones is 1. The van der Waals surface area contributed by atoms with Crippen molar-refractivity contribution in [1.82, 2.24) is 0 Å². The maximum Gasteiger partial charge on any atom is 0.190 e. The SMILES string of the molecule is CO/C=C/[C@@H](OCc1ccccc1)[C@H](O[C@@H]1O[C@H](COCc2ccccc2)[C@H](OCc2ccccc2)[C@H](OCc2ccccc2)[C@H]1OCc1ccccc1)C(=O)COCc1ccccc1. The fourth-order valence-electron chi connectivity index (χ4n) is 7.43. The third-order valence-corrected chi connectivity index (χ3v) is 10.8. The number of rotatable bonds is 26. The van der Waals surface area contributed by atoms with Crippen LogP contribution in [0.5, 0.6) is 0 Å². The fourth-order valence-corrected chi connectivity index (χ4v) is 7.43. The topological polar surface area (TPSA) is 100 Å². The molecule has 338 valence electrons. The second-order valence-electron chi connectivity index (χ2n) is 15.7. The Morgan fingerprint density at radius 1 is 0.508 bits per heavy atom. The monoisotopic (exact) mass is 878 g/mol. The summed E-state index contributed by atoms with van der Waals surface area (Å²) >= 11 is 0. The van der Waals surface area contributed by atoms with Crippen molar-refractivity contribution in [3.63, 3.8) is 0 Å². The van der Waals surface area contributed by atoms with E-state index in [1.807, 2.05) is 182 Å². The van der Waals surface area contributed by atoms with Crippen LogP contribution in [0.1, 0.15) is 33.4 Å². The van der Waals surface area contributed by atoms with Crippen molar-refractivity contribution in [3.8, 4) is 0 Å². The molecule has 0 bridgehead atoms. The summed E-state index contributed by atoms with van der Waals surface area (Å²) in [5.41, 5.74) is 5.71.